The lowest BCUT2D eigenvalue weighted by Crippen LogP contribution is -1.98. The lowest BCUT2D eigenvalue weighted by molar-refractivity contribution is -0.142. The Morgan fingerprint density at radius 2 is 1.48 bits per heavy atom. The lowest BCUT2D eigenvalue weighted by atomic mass is 10.1. The molecule has 2 heterocycles. The van der Waals surface area contributed by atoms with Crippen molar-refractivity contribution in [2.75, 3.05) is 0 Å². The molecule has 5 heteroatoms. The number of nitrogens with one attached hydrogen (secondary N) is 2. The third-order valence-electron chi connectivity index (χ3n) is 3.97. The lowest BCUT2D eigenvalue weighted by Gasteiger charge is -2.03. The van der Waals surface area contributed by atoms with Gasteiger partial charge in [0.15, 0.2) is 0 Å². The minimum absolute atomic E-state index is 0.106. The fourth-order valence-electron chi connectivity index (χ4n) is 2.74. The maximum absolute atomic E-state index is 10.7. The highest BCUT2D eigenvalue weighted by atomic mass is 16.5. The first-order valence-corrected chi connectivity index (χ1v) is 8.03. The molecule has 0 aliphatic rings. The van der Waals surface area contributed by atoms with Crippen LogP contribution in [-0.4, -0.2) is 21.0 Å². The summed E-state index contributed by atoms with van der Waals surface area (Å²) in [5, 5.41) is 11.2. The summed E-state index contributed by atoms with van der Waals surface area (Å²) in [7, 11) is 0. The van der Waals surface area contributed by atoms with Crippen molar-refractivity contribution in [3.05, 3.63) is 72.1 Å². The molecule has 5 nitrogen and oxygen atoms in total. The Morgan fingerprint density at radius 1 is 0.920 bits per heavy atom. The zero-order chi connectivity index (χ0) is 17.6. The van der Waals surface area contributed by atoms with Crippen molar-refractivity contribution in [3.8, 4) is 0 Å². The summed E-state index contributed by atoms with van der Waals surface area (Å²) in [5.41, 5.74) is 4.15. The summed E-state index contributed by atoms with van der Waals surface area (Å²) in [6.45, 7) is 1.86. The number of carbonyl (C=O) groups excluding carboxylic acids is 1. The third-order valence-corrected chi connectivity index (χ3v) is 3.97. The standard InChI is InChI=1S/C11H11NO2.C9H9NO/c1-8(13)14-7-9-3-2-4-11-10(9)5-6-12-11;11-6-7-2-1-3-9-8(7)4-5-10-9/h2-6,12H,7H2,1H3;1-5,10-11H,6H2. The fourth-order valence-corrected chi connectivity index (χ4v) is 2.74. The summed E-state index contributed by atoms with van der Waals surface area (Å²) < 4.78 is 4.95. The number of aromatic amines is 2. The molecular formula is C20H20N2O3. The van der Waals surface area contributed by atoms with E-state index in [9.17, 15) is 4.79 Å². The zero-order valence-electron chi connectivity index (χ0n) is 14.0. The van der Waals surface area contributed by atoms with Crippen LogP contribution in [0, 0.1) is 0 Å². The van der Waals surface area contributed by atoms with Gasteiger partial charge in [-0.1, -0.05) is 24.3 Å². The molecule has 4 rings (SSSR count). The Labute approximate surface area is 145 Å². The van der Waals surface area contributed by atoms with Gasteiger partial charge in [-0.15, -0.1) is 0 Å². The van der Waals surface area contributed by atoms with Crippen molar-refractivity contribution in [3.63, 3.8) is 0 Å². The van der Waals surface area contributed by atoms with Gasteiger partial charge in [-0.2, -0.15) is 0 Å². The Hall–Kier alpha value is -3.05. The predicted molar refractivity (Wildman–Crippen MR) is 98.0 cm³/mol. The molecule has 0 radical (unpaired) electrons. The van der Waals surface area contributed by atoms with Crippen LogP contribution in [0.4, 0.5) is 0 Å². The van der Waals surface area contributed by atoms with Crippen LogP contribution < -0.4 is 0 Å². The molecule has 0 spiro atoms. The maximum atomic E-state index is 10.7. The van der Waals surface area contributed by atoms with E-state index in [1.165, 1.54) is 6.92 Å². The smallest absolute Gasteiger partial charge is 0.302 e. The molecule has 128 valence electrons. The van der Waals surface area contributed by atoms with Crippen LogP contribution in [-0.2, 0) is 22.7 Å². The predicted octanol–water partition coefficient (Wildman–Crippen LogP) is 3.89. The highest BCUT2D eigenvalue weighted by molar-refractivity contribution is 5.83. The van der Waals surface area contributed by atoms with E-state index in [2.05, 4.69) is 9.97 Å². The minimum Gasteiger partial charge on any atom is -0.461 e. The van der Waals surface area contributed by atoms with Gasteiger partial charge in [0, 0.05) is 41.1 Å². The van der Waals surface area contributed by atoms with Crippen LogP contribution in [0.2, 0.25) is 0 Å². The van der Waals surface area contributed by atoms with Crippen LogP contribution in [0.3, 0.4) is 0 Å². The number of hydrogen-bond acceptors (Lipinski definition) is 3. The zero-order valence-corrected chi connectivity index (χ0v) is 14.0. The molecule has 0 aliphatic carbocycles. The average molecular weight is 336 g/mol. The fraction of sp³-hybridized carbons (Fsp3) is 0.150. The summed E-state index contributed by atoms with van der Waals surface area (Å²) in [6, 6.07) is 15.7. The van der Waals surface area contributed by atoms with E-state index in [1.807, 2.05) is 60.9 Å². The molecule has 0 bridgehead atoms. The van der Waals surface area contributed by atoms with Crippen molar-refractivity contribution >= 4 is 27.8 Å². The number of ether oxygens (including phenoxy) is 1. The first kappa shape index (κ1) is 16.8. The van der Waals surface area contributed by atoms with Gasteiger partial charge in [0.2, 0.25) is 0 Å². The Morgan fingerprint density at radius 3 is 2.04 bits per heavy atom. The van der Waals surface area contributed by atoms with Crippen LogP contribution in [0.15, 0.2) is 60.9 Å². The average Bonchev–Trinajstić information content (AvgIpc) is 3.29. The topological polar surface area (TPSA) is 78.1 Å². The summed E-state index contributed by atoms with van der Waals surface area (Å²) in [5.74, 6) is -0.252. The van der Waals surface area contributed by atoms with E-state index in [-0.39, 0.29) is 12.6 Å². The normalized spacial score (nSPS) is 10.5. The maximum Gasteiger partial charge on any atom is 0.302 e. The Kier molecular flexibility index (Phi) is 5.16. The van der Waals surface area contributed by atoms with Crippen LogP contribution in [0.25, 0.3) is 21.8 Å². The van der Waals surface area contributed by atoms with Crippen molar-refractivity contribution in [1.82, 2.24) is 9.97 Å². The second-order valence-corrected chi connectivity index (χ2v) is 5.65. The van der Waals surface area contributed by atoms with Gasteiger partial charge in [0.1, 0.15) is 6.61 Å². The van der Waals surface area contributed by atoms with Crippen molar-refractivity contribution in [1.29, 1.82) is 0 Å². The molecule has 2 aromatic carbocycles. The van der Waals surface area contributed by atoms with Gasteiger partial charge >= 0.3 is 5.97 Å². The first-order valence-electron chi connectivity index (χ1n) is 8.03. The highest BCUT2D eigenvalue weighted by Crippen LogP contribution is 2.18. The van der Waals surface area contributed by atoms with E-state index in [0.717, 1.165) is 32.9 Å². The minimum atomic E-state index is -0.252. The van der Waals surface area contributed by atoms with Crippen molar-refractivity contribution in [2.24, 2.45) is 0 Å². The number of hydrogen-bond donors (Lipinski definition) is 3. The number of carbonyl (C=O) groups is 1. The SMILES string of the molecule is CC(=O)OCc1cccc2[nH]ccc12.OCc1cccc2[nH]ccc12. The van der Waals surface area contributed by atoms with E-state index in [1.54, 1.807) is 0 Å². The number of aliphatic hydroxyl groups is 1. The number of aliphatic hydroxyl groups excluding tert-OH is 1. The molecule has 3 N–H and O–H groups in total. The molecule has 0 atom stereocenters. The number of H-pyrrole nitrogens is 2. The van der Waals surface area contributed by atoms with Crippen LogP contribution in [0.5, 0.6) is 0 Å². The van der Waals surface area contributed by atoms with Gasteiger partial charge in [0.05, 0.1) is 6.61 Å². The highest BCUT2D eigenvalue weighted by Gasteiger charge is 2.02. The van der Waals surface area contributed by atoms with Gasteiger partial charge in [0.25, 0.3) is 0 Å². The Bertz CT molecular complexity index is 985. The van der Waals surface area contributed by atoms with Crippen molar-refractivity contribution in [2.45, 2.75) is 20.1 Å². The van der Waals surface area contributed by atoms with Gasteiger partial charge in [-0.3, -0.25) is 4.79 Å². The molecule has 2 aromatic heterocycles. The second kappa shape index (κ2) is 7.68. The number of benzene rings is 2. The third kappa shape index (κ3) is 3.89. The molecule has 0 aliphatic heterocycles. The number of fused-ring (bicyclic) bond motifs is 2. The summed E-state index contributed by atoms with van der Waals surface area (Å²) >= 11 is 0. The Balaban J connectivity index is 0.000000150. The van der Waals surface area contributed by atoms with Gasteiger partial charge in [-0.05, 0) is 35.4 Å². The second-order valence-electron chi connectivity index (χ2n) is 5.65. The van der Waals surface area contributed by atoms with Gasteiger partial charge < -0.3 is 19.8 Å². The number of rotatable bonds is 3. The summed E-state index contributed by atoms with van der Waals surface area (Å²) in [4.78, 5) is 16.9. The quantitative estimate of drug-likeness (QED) is 0.497. The van der Waals surface area contributed by atoms with Crippen molar-refractivity contribution < 1.29 is 14.6 Å². The molecule has 25 heavy (non-hydrogen) atoms. The molecule has 0 saturated heterocycles. The van der Waals surface area contributed by atoms with Crippen LogP contribution in [0.1, 0.15) is 18.1 Å². The molecule has 0 fully saturated rings. The molecule has 0 unspecified atom stereocenters. The molecule has 0 saturated carbocycles. The first-order chi connectivity index (χ1) is 12.2. The molecular weight excluding hydrogens is 316 g/mol. The largest absolute Gasteiger partial charge is 0.461 e. The molecule has 0 amide bonds. The van der Waals surface area contributed by atoms with Crippen LogP contribution >= 0.6 is 0 Å². The van der Waals surface area contributed by atoms with E-state index < -0.39 is 0 Å². The number of esters is 1. The monoisotopic (exact) mass is 336 g/mol. The summed E-state index contributed by atoms with van der Waals surface area (Å²) in [6.07, 6.45) is 3.76. The van der Waals surface area contributed by atoms with E-state index in [4.69, 9.17) is 9.84 Å². The number of aromatic nitrogens is 2. The molecule has 4 aromatic rings. The van der Waals surface area contributed by atoms with E-state index >= 15 is 0 Å². The van der Waals surface area contributed by atoms with E-state index in [0.29, 0.717) is 6.61 Å². The van der Waals surface area contributed by atoms with Gasteiger partial charge in [-0.25, -0.2) is 0 Å².